The molecule has 0 spiro atoms. The second-order valence-electron chi connectivity index (χ2n) is 24.6. The summed E-state index contributed by atoms with van der Waals surface area (Å²) in [4.78, 5) is 72.2. The van der Waals surface area contributed by atoms with Crippen molar-refractivity contribution in [1.82, 2.24) is 0 Å². The van der Waals surface area contributed by atoms with Gasteiger partial charge in [0.15, 0.2) is 12.2 Å². The smallest absolute Gasteiger partial charge is 0.462 e. The van der Waals surface area contributed by atoms with E-state index in [-0.39, 0.29) is 25.7 Å². The van der Waals surface area contributed by atoms with Gasteiger partial charge in [0.1, 0.15) is 19.3 Å². The Morgan fingerprint density at radius 2 is 0.578 bits per heavy atom. The molecule has 0 aromatic rings. The summed E-state index contributed by atoms with van der Waals surface area (Å²) in [6.45, 7) is 13.9. The Hall–Kier alpha value is -1.94. The van der Waals surface area contributed by atoms with Crippen LogP contribution in [0.3, 0.4) is 0 Å². The number of unbranched alkanes of at least 4 members (excludes halogenated alkanes) is 25. The van der Waals surface area contributed by atoms with Gasteiger partial charge >= 0.3 is 39.5 Å². The number of hydrogen-bond acceptors (Lipinski definition) is 15. The van der Waals surface area contributed by atoms with Crippen LogP contribution in [-0.2, 0) is 65.4 Å². The summed E-state index contributed by atoms with van der Waals surface area (Å²) in [5, 5.41) is 10.5. The lowest BCUT2D eigenvalue weighted by molar-refractivity contribution is -0.161. The fourth-order valence-electron chi connectivity index (χ4n) is 9.36. The van der Waals surface area contributed by atoms with Crippen LogP contribution in [0.1, 0.15) is 306 Å². The average molecular weight is 1230 g/mol. The van der Waals surface area contributed by atoms with Crippen molar-refractivity contribution < 1.29 is 80.2 Å². The highest BCUT2D eigenvalue weighted by molar-refractivity contribution is 7.47. The summed E-state index contributed by atoms with van der Waals surface area (Å²) in [7, 11) is -9.89. The topological polar surface area (TPSA) is 237 Å². The number of esters is 4. The van der Waals surface area contributed by atoms with E-state index in [1.807, 2.05) is 0 Å². The van der Waals surface area contributed by atoms with Crippen LogP contribution in [0.2, 0.25) is 0 Å². The Morgan fingerprint density at radius 3 is 0.855 bits per heavy atom. The second kappa shape index (κ2) is 54.2. The van der Waals surface area contributed by atoms with Crippen LogP contribution >= 0.6 is 15.6 Å². The van der Waals surface area contributed by atoms with Gasteiger partial charge in [-0.2, -0.15) is 0 Å². The molecule has 7 atom stereocenters. The minimum absolute atomic E-state index is 0.103. The normalized spacial score (nSPS) is 15.1. The lowest BCUT2D eigenvalue weighted by Crippen LogP contribution is -2.30. The van der Waals surface area contributed by atoms with Gasteiger partial charge in [-0.15, -0.1) is 0 Å². The predicted octanol–water partition coefficient (Wildman–Crippen LogP) is 17.4. The number of phosphoric acid groups is 2. The third-order valence-corrected chi connectivity index (χ3v) is 17.2. The molecule has 19 heteroatoms. The molecular formula is C64H124O17P2. The first kappa shape index (κ1) is 81.1. The summed E-state index contributed by atoms with van der Waals surface area (Å²) < 4.78 is 68.0. The third-order valence-electron chi connectivity index (χ3n) is 15.3. The molecule has 0 heterocycles. The molecule has 0 rings (SSSR count). The molecular weight excluding hydrogens is 1100 g/mol. The van der Waals surface area contributed by atoms with E-state index in [4.69, 9.17) is 37.0 Å². The quantitative estimate of drug-likeness (QED) is 0.0222. The molecule has 0 amide bonds. The van der Waals surface area contributed by atoms with Crippen LogP contribution in [0.15, 0.2) is 0 Å². The van der Waals surface area contributed by atoms with Crippen LogP contribution < -0.4 is 0 Å². The summed E-state index contributed by atoms with van der Waals surface area (Å²) in [5.74, 6) is 0.774. The number of aliphatic hydroxyl groups is 1. The number of carbonyl (C=O) groups excluding carboxylic acids is 4. The van der Waals surface area contributed by atoms with Crippen LogP contribution in [0.4, 0.5) is 0 Å². The Balaban J connectivity index is 5.27. The molecule has 3 N–H and O–H groups in total. The van der Waals surface area contributed by atoms with E-state index in [2.05, 4.69) is 55.4 Å². The van der Waals surface area contributed by atoms with Crippen molar-refractivity contribution in [2.24, 2.45) is 23.7 Å². The largest absolute Gasteiger partial charge is 0.472 e. The standard InChI is InChI=1S/C64H124O17P2/c1-9-56(7)42-34-26-17-14-15-19-31-39-47-64(69)81-60(51-75-62(67)45-37-29-23-21-27-35-43-57(8)10-2)53-79-83(72,73)77-49-58(65)48-76-82(70,71)78-52-59(50-74-61(66)44-36-28-22-20-25-33-41-55(5)6)80-63(68)46-38-30-18-13-11-12-16-24-32-40-54(3)4/h54-60,65H,9-53H2,1-8H3,(H,70,71)(H,72,73)/t56?,57?,58-,59+,60+/m0/s1. The van der Waals surface area contributed by atoms with Gasteiger partial charge in [-0.25, -0.2) is 9.13 Å². The van der Waals surface area contributed by atoms with Gasteiger partial charge in [0.25, 0.3) is 0 Å². The van der Waals surface area contributed by atoms with Crippen molar-refractivity contribution in [3.8, 4) is 0 Å². The molecule has 0 aliphatic rings. The minimum atomic E-state index is -4.95. The molecule has 4 unspecified atom stereocenters. The molecule has 0 radical (unpaired) electrons. The highest BCUT2D eigenvalue weighted by Crippen LogP contribution is 2.45. The number of rotatable bonds is 61. The van der Waals surface area contributed by atoms with E-state index in [1.165, 1.54) is 96.3 Å². The Kier molecular flexibility index (Phi) is 53.0. The minimum Gasteiger partial charge on any atom is -0.462 e. The average Bonchev–Trinajstić information content (AvgIpc) is 3.44. The molecule has 0 fully saturated rings. The van der Waals surface area contributed by atoms with Gasteiger partial charge in [-0.05, 0) is 49.4 Å². The zero-order chi connectivity index (χ0) is 61.8. The molecule has 492 valence electrons. The maximum Gasteiger partial charge on any atom is 0.472 e. The van der Waals surface area contributed by atoms with E-state index in [1.54, 1.807) is 0 Å². The van der Waals surface area contributed by atoms with Crippen LogP contribution in [0, 0.1) is 23.7 Å². The molecule has 0 saturated carbocycles. The monoisotopic (exact) mass is 1230 g/mol. The van der Waals surface area contributed by atoms with E-state index in [0.717, 1.165) is 120 Å². The number of aliphatic hydroxyl groups excluding tert-OH is 1. The summed E-state index contributed by atoms with van der Waals surface area (Å²) in [6.07, 6.45) is 33.6. The van der Waals surface area contributed by atoms with Gasteiger partial charge in [0.05, 0.1) is 26.4 Å². The van der Waals surface area contributed by atoms with Gasteiger partial charge in [0.2, 0.25) is 0 Å². The molecule has 0 aliphatic carbocycles. The molecule has 0 aliphatic heterocycles. The summed E-state index contributed by atoms with van der Waals surface area (Å²) >= 11 is 0. The SMILES string of the molecule is CCC(C)CCCCCCCCCCC(=O)O[C@H](COC(=O)CCCCCCCCC(C)CC)COP(=O)(O)OC[C@@H](O)COP(=O)(O)OC[C@@H](COC(=O)CCCCCCCCC(C)C)OC(=O)CCCCCCCCCCCC(C)C. The van der Waals surface area contributed by atoms with E-state index in [9.17, 15) is 43.2 Å². The summed E-state index contributed by atoms with van der Waals surface area (Å²) in [6, 6.07) is 0. The second-order valence-corrected chi connectivity index (χ2v) is 27.5. The lowest BCUT2D eigenvalue weighted by Gasteiger charge is -2.21. The van der Waals surface area contributed by atoms with Gasteiger partial charge in [0, 0.05) is 25.7 Å². The zero-order valence-corrected chi connectivity index (χ0v) is 55.6. The highest BCUT2D eigenvalue weighted by atomic mass is 31.2. The fourth-order valence-corrected chi connectivity index (χ4v) is 10.9. The number of hydrogen-bond donors (Lipinski definition) is 3. The zero-order valence-electron chi connectivity index (χ0n) is 53.8. The Labute approximate surface area is 505 Å². The Morgan fingerprint density at radius 1 is 0.337 bits per heavy atom. The van der Waals surface area contributed by atoms with Crippen molar-refractivity contribution in [3.05, 3.63) is 0 Å². The van der Waals surface area contributed by atoms with E-state index < -0.39 is 97.5 Å². The molecule has 83 heavy (non-hydrogen) atoms. The first-order valence-corrected chi connectivity index (χ1v) is 36.3. The molecule has 0 aromatic heterocycles. The molecule has 0 bridgehead atoms. The Bertz CT molecular complexity index is 1670. The number of phosphoric ester groups is 2. The van der Waals surface area contributed by atoms with Crippen molar-refractivity contribution in [3.63, 3.8) is 0 Å². The lowest BCUT2D eigenvalue weighted by atomic mass is 9.99. The maximum absolute atomic E-state index is 13.0. The number of ether oxygens (including phenoxy) is 4. The van der Waals surface area contributed by atoms with E-state index >= 15 is 0 Å². The summed E-state index contributed by atoms with van der Waals surface area (Å²) in [5.41, 5.74) is 0. The number of carbonyl (C=O) groups is 4. The van der Waals surface area contributed by atoms with Crippen molar-refractivity contribution in [2.75, 3.05) is 39.6 Å². The molecule has 0 saturated heterocycles. The molecule has 17 nitrogen and oxygen atoms in total. The van der Waals surface area contributed by atoms with Crippen molar-refractivity contribution in [2.45, 2.75) is 324 Å². The third kappa shape index (κ3) is 56.3. The van der Waals surface area contributed by atoms with Gasteiger partial charge < -0.3 is 33.8 Å². The van der Waals surface area contributed by atoms with Crippen molar-refractivity contribution in [1.29, 1.82) is 0 Å². The van der Waals surface area contributed by atoms with E-state index in [0.29, 0.717) is 31.6 Å². The maximum atomic E-state index is 13.0. The van der Waals surface area contributed by atoms with Crippen molar-refractivity contribution >= 4 is 39.5 Å². The van der Waals surface area contributed by atoms with Gasteiger partial charge in [-0.1, -0.05) is 254 Å². The van der Waals surface area contributed by atoms with Gasteiger partial charge in [-0.3, -0.25) is 37.3 Å². The predicted molar refractivity (Wildman–Crippen MR) is 331 cm³/mol. The molecule has 0 aromatic carbocycles. The first-order chi connectivity index (χ1) is 39.7. The fraction of sp³-hybridized carbons (Fsp3) is 0.938. The first-order valence-electron chi connectivity index (χ1n) is 33.3. The van der Waals surface area contributed by atoms with Crippen LogP contribution in [0.5, 0.6) is 0 Å². The van der Waals surface area contributed by atoms with Crippen LogP contribution in [-0.4, -0.2) is 96.7 Å². The van der Waals surface area contributed by atoms with Crippen LogP contribution in [0.25, 0.3) is 0 Å². The highest BCUT2D eigenvalue weighted by Gasteiger charge is 2.30.